The number of rotatable bonds is 11. The molecule has 2 aromatic rings. The van der Waals surface area contributed by atoms with Gasteiger partial charge in [0.15, 0.2) is 0 Å². The van der Waals surface area contributed by atoms with Crippen molar-refractivity contribution in [2.24, 2.45) is 11.3 Å². The number of hydrogen-bond donors (Lipinski definition) is 3. The summed E-state index contributed by atoms with van der Waals surface area (Å²) < 4.78 is 39.3. The van der Waals surface area contributed by atoms with Gasteiger partial charge in [-0.05, 0) is 62.1 Å². The van der Waals surface area contributed by atoms with Crippen molar-refractivity contribution in [1.82, 2.24) is 20.3 Å². The Morgan fingerprint density at radius 1 is 1.13 bits per heavy atom. The molecule has 1 unspecified atom stereocenters. The fraction of sp³-hybridized carbons (Fsp3) is 0.531. The Morgan fingerprint density at radius 3 is 2.40 bits per heavy atom. The molecule has 2 aliphatic carbocycles. The van der Waals surface area contributed by atoms with Gasteiger partial charge in [-0.3, -0.25) is 19.1 Å². The van der Waals surface area contributed by atoms with E-state index in [2.05, 4.69) is 21.9 Å². The number of carbonyl (C=O) groups excluding carboxylic acids is 3. The van der Waals surface area contributed by atoms with Gasteiger partial charge in [0.1, 0.15) is 29.2 Å². The van der Waals surface area contributed by atoms with E-state index in [9.17, 15) is 22.8 Å². The summed E-state index contributed by atoms with van der Waals surface area (Å²) in [4.78, 5) is 42.8. The first kappa shape index (κ1) is 33.0. The first-order chi connectivity index (χ1) is 21.1. The Labute approximate surface area is 269 Å². The molecule has 3 N–H and O–H groups in total. The normalized spacial score (nSPS) is 25.4. The van der Waals surface area contributed by atoms with Gasteiger partial charge in [-0.1, -0.05) is 38.4 Å². The highest BCUT2D eigenvalue weighted by molar-refractivity contribution is 7.91. The molecule has 244 valence electrons. The van der Waals surface area contributed by atoms with Gasteiger partial charge < -0.3 is 25.0 Å². The van der Waals surface area contributed by atoms with Crippen molar-refractivity contribution < 1.29 is 32.3 Å². The first-order valence-electron chi connectivity index (χ1n) is 15.1. The highest BCUT2D eigenvalue weighted by atomic mass is 35.5. The number of carbonyl (C=O) groups is 3. The number of methoxy groups -OCH3 is 1. The van der Waals surface area contributed by atoms with Crippen LogP contribution in [0, 0.1) is 11.3 Å². The van der Waals surface area contributed by atoms with Crippen molar-refractivity contribution in [2.45, 2.75) is 75.4 Å². The van der Waals surface area contributed by atoms with E-state index in [1.54, 1.807) is 38.4 Å². The minimum absolute atomic E-state index is 0.111. The van der Waals surface area contributed by atoms with Crippen LogP contribution in [0.2, 0.25) is 5.02 Å². The van der Waals surface area contributed by atoms with Gasteiger partial charge in [-0.15, -0.1) is 6.58 Å². The average Bonchev–Trinajstić information content (AvgIpc) is 3.89. The van der Waals surface area contributed by atoms with Crippen molar-refractivity contribution in [2.75, 3.05) is 20.7 Å². The van der Waals surface area contributed by atoms with Crippen LogP contribution in [-0.2, 0) is 24.4 Å². The number of nitrogens with zero attached hydrogens (tertiary/aromatic N) is 1. The van der Waals surface area contributed by atoms with Crippen LogP contribution in [0.3, 0.4) is 0 Å². The molecule has 0 bridgehead atoms. The summed E-state index contributed by atoms with van der Waals surface area (Å²) in [5.74, 6) is -0.939. The topological polar surface area (TPSA) is 143 Å². The fourth-order valence-corrected chi connectivity index (χ4v) is 7.75. The highest BCUT2D eigenvalue weighted by Crippen LogP contribution is 2.46. The number of sulfonamides is 1. The summed E-state index contributed by atoms with van der Waals surface area (Å²) >= 11 is 6.32. The van der Waals surface area contributed by atoms with Crippen molar-refractivity contribution in [3.63, 3.8) is 0 Å². The maximum absolute atomic E-state index is 14.0. The molecule has 1 heterocycles. The number of fused-ring (bicyclic) bond motifs is 1. The van der Waals surface area contributed by atoms with Gasteiger partial charge >= 0.3 is 0 Å². The number of ether oxygens (including phenoxy) is 2. The molecule has 5 rings (SSSR count). The predicted octanol–water partition coefficient (Wildman–Crippen LogP) is 3.15. The quantitative estimate of drug-likeness (QED) is 0.312. The van der Waals surface area contributed by atoms with Gasteiger partial charge in [0, 0.05) is 28.1 Å². The lowest BCUT2D eigenvalue weighted by Gasteiger charge is -2.35. The molecular weight excluding hydrogens is 620 g/mol. The fourth-order valence-electron chi connectivity index (χ4n) is 6.21. The number of amides is 3. The van der Waals surface area contributed by atoms with Crippen molar-refractivity contribution in [3.05, 3.63) is 48.0 Å². The largest absolute Gasteiger partial charge is 0.496 e. The number of likely N-dealkylation sites (N-methyl/N-ethyl adjacent to an activating group) is 1. The summed E-state index contributed by atoms with van der Waals surface area (Å²) in [6, 6.07) is 7.32. The van der Waals surface area contributed by atoms with E-state index in [0.29, 0.717) is 29.4 Å². The van der Waals surface area contributed by atoms with Crippen LogP contribution in [0.25, 0.3) is 10.8 Å². The van der Waals surface area contributed by atoms with Crippen LogP contribution in [-0.4, -0.2) is 80.7 Å². The SMILES string of the molecule is C=C[C@@H]1C[C@]1(NC(=O)[C@@H]1C[C@@H](Oc2ccc(OC)c3ccc(Cl)cc23)CN1C(=O)C(NC)C(C)(C)C)C(=O)NS(=O)(=O)C1CC1. The molecule has 3 aliphatic rings. The monoisotopic (exact) mass is 660 g/mol. The zero-order valence-electron chi connectivity index (χ0n) is 26.2. The van der Waals surface area contributed by atoms with Crippen molar-refractivity contribution in [1.29, 1.82) is 0 Å². The number of halogens is 1. The Morgan fingerprint density at radius 2 is 1.82 bits per heavy atom. The second kappa shape index (κ2) is 12.1. The number of benzene rings is 2. The minimum atomic E-state index is -3.84. The smallest absolute Gasteiger partial charge is 0.259 e. The van der Waals surface area contributed by atoms with E-state index >= 15 is 0 Å². The van der Waals surface area contributed by atoms with Crippen LogP contribution in [0.15, 0.2) is 43.0 Å². The zero-order valence-corrected chi connectivity index (χ0v) is 27.8. The van der Waals surface area contributed by atoms with E-state index in [4.69, 9.17) is 21.1 Å². The minimum Gasteiger partial charge on any atom is -0.496 e. The van der Waals surface area contributed by atoms with Crippen LogP contribution < -0.4 is 24.8 Å². The van der Waals surface area contributed by atoms with Crippen LogP contribution in [0.5, 0.6) is 11.5 Å². The van der Waals surface area contributed by atoms with Gasteiger partial charge in [-0.2, -0.15) is 0 Å². The van der Waals surface area contributed by atoms with E-state index in [1.165, 1.54) is 11.0 Å². The predicted molar refractivity (Wildman–Crippen MR) is 172 cm³/mol. The lowest BCUT2D eigenvalue weighted by Crippen LogP contribution is -2.59. The lowest BCUT2D eigenvalue weighted by atomic mass is 9.86. The molecule has 3 amide bonds. The Hall–Kier alpha value is -3.35. The summed E-state index contributed by atoms with van der Waals surface area (Å²) in [5, 5.41) is 7.32. The summed E-state index contributed by atoms with van der Waals surface area (Å²) in [7, 11) is -0.568. The molecule has 3 fully saturated rings. The third-order valence-corrected chi connectivity index (χ3v) is 11.0. The average molecular weight is 661 g/mol. The van der Waals surface area contributed by atoms with Gasteiger partial charge in [0.2, 0.25) is 21.8 Å². The van der Waals surface area contributed by atoms with Crippen LogP contribution in [0.4, 0.5) is 0 Å². The van der Waals surface area contributed by atoms with Crippen molar-refractivity contribution >= 4 is 50.1 Å². The van der Waals surface area contributed by atoms with Crippen molar-refractivity contribution in [3.8, 4) is 11.5 Å². The second-order valence-electron chi connectivity index (χ2n) is 13.2. The molecule has 0 spiro atoms. The third kappa shape index (κ3) is 6.50. The number of nitrogens with one attached hydrogen (secondary N) is 3. The Bertz CT molecular complexity index is 1640. The maximum Gasteiger partial charge on any atom is 0.259 e. The van der Waals surface area contributed by atoms with Gasteiger partial charge in [0.25, 0.3) is 5.91 Å². The highest BCUT2D eigenvalue weighted by Gasteiger charge is 2.62. The summed E-state index contributed by atoms with van der Waals surface area (Å²) in [6.07, 6.45) is 2.28. The lowest BCUT2D eigenvalue weighted by molar-refractivity contribution is -0.142. The molecule has 0 radical (unpaired) electrons. The molecule has 13 heteroatoms. The third-order valence-electron chi connectivity index (χ3n) is 8.91. The van der Waals surface area contributed by atoms with Gasteiger partial charge in [-0.25, -0.2) is 8.42 Å². The van der Waals surface area contributed by atoms with E-state index in [1.807, 2.05) is 26.8 Å². The molecule has 1 aliphatic heterocycles. The van der Waals surface area contributed by atoms with Crippen LogP contribution >= 0.6 is 11.6 Å². The van der Waals surface area contributed by atoms with E-state index in [-0.39, 0.29) is 25.3 Å². The second-order valence-corrected chi connectivity index (χ2v) is 15.6. The molecule has 1 saturated heterocycles. The van der Waals surface area contributed by atoms with E-state index in [0.717, 1.165) is 10.8 Å². The zero-order chi connectivity index (χ0) is 32.9. The van der Waals surface area contributed by atoms with Gasteiger partial charge in [0.05, 0.1) is 24.9 Å². The first-order valence-corrected chi connectivity index (χ1v) is 17.0. The maximum atomic E-state index is 14.0. The molecular formula is C32H41ClN4O7S. The summed E-state index contributed by atoms with van der Waals surface area (Å²) in [6.45, 7) is 9.66. The molecule has 2 saturated carbocycles. The molecule has 0 aromatic heterocycles. The molecule has 5 atom stereocenters. The van der Waals surface area contributed by atoms with Crippen LogP contribution in [0.1, 0.15) is 46.5 Å². The number of hydrogen-bond acceptors (Lipinski definition) is 8. The Kier molecular flexibility index (Phi) is 8.89. The molecule has 45 heavy (non-hydrogen) atoms. The number of likely N-dealkylation sites (tertiary alicyclic amines) is 1. The van der Waals surface area contributed by atoms with E-state index < -0.39 is 62.1 Å². The molecule has 2 aromatic carbocycles. The Balaban J connectivity index is 1.43. The molecule has 11 nitrogen and oxygen atoms in total. The standard InChI is InChI=1S/C32H41ClN4O7S/c1-7-18-16-32(18,30(40)36-45(41,42)21-9-10-21)35-28(38)24-15-20(17-37(24)29(39)27(34-5)31(2,3)4)44-26-13-12-25(43-6)22-11-8-19(33)14-23(22)26/h7-8,11-14,18,20-21,24,27,34H,1,9-10,15-17H2,2-6H3,(H,35,38)(H,36,40)/t18-,20-,24+,27?,32-/m1/s1. The summed E-state index contributed by atoms with van der Waals surface area (Å²) in [5.41, 5.74) is -1.94.